The van der Waals surface area contributed by atoms with Crippen LogP contribution in [0.4, 0.5) is 45.5 Å². The predicted molar refractivity (Wildman–Crippen MR) is 561 cm³/mol. The zero-order valence-corrected chi connectivity index (χ0v) is 83.8. The number of unbranched alkanes of at least 4 members (excludes halogenated alkanes) is 14. The number of nitrogens with zero attached hydrogens (tertiary/aromatic N) is 6. The Bertz CT molecular complexity index is 5190. The summed E-state index contributed by atoms with van der Waals surface area (Å²) in [7, 11) is 0. The Morgan fingerprint density at radius 1 is 0.305 bits per heavy atom. The van der Waals surface area contributed by atoms with Gasteiger partial charge < -0.3 is 29.4 Å². The van der Waals surface area contributed by atoms with Crippen LogP contribution >= 0.6 is 55.4 Å². The summed E-state index contributed by atoms with van der Waals surface area (Å²) >= 11 is 11.0. The molecule has 6 heterocycles. The van der Waals surface area contributed by atoms with E-state index in [2.05, 4.69) is 271 Å². The van der Waals surface area contributed by atoms with Crippen molar-refractivity contribution in [1.29, 1.82) is 0 Å². The molecule has 0 spiro atoms. The van der Waals surface area contributed by atoms with Crippen molar-refractivity contribution in [2.45, 2.75) is 282 Å². The number of halogens is 2. The second kappa shape index (κ2) is 48.5. The minimum absolute atomic E-state index is 0.0369. The quantitative estimate of drug-likeness (QED) is 0.0212. The van der Waals surface area contributed by atoms with E-state index in [-0.39, 0.29) is 23.6 Å². The van der Waals surface area contributed by atoms with Crippen molar-refractivity contribution in [2.24, 2.45) is 23.7 Å². The number of carbonyl (C=O) groups is 4. The SMILES string of the molecule is C/C=C/c1ccc2c(c1)Sc1cc(/C=C/c3ccc4c(c3)N(CC(CC)CCCC)C(=O)/C4=C3/C(=O)N(CC(CC)CCCC)c4cc(C)ccc43)ccc1N2CCCCCCCC.C=Cc1ccc2c(c1)Sc1cc(C=C)ccc1N2CCCCCCCC.CCCCC(CC)CN1C(=O)/C(=C2/C(=O)N(CC(CC)CCCC)c3cc(Br)ccc32)c2ccc(Br)cc21. The van der Waals surface area contributed by atoms with Gasteiger partial charge in [-0.3, -0.25) is 19.2 Å². The van der Waals surface area contributed by atoms with Crippen molar-refractivity contribution in [2.75, 3.05) is 68.7 Å². The fourth-order valence-corrected chi connectivity index (χ4v) is 22.2. The monoisotopic (exact) mass is 1880 g/mol. The molecule has 6 aliphatic heterocycles. The Balaban J connectivity index is 0.000000195. The van der Waals surface area contributed by atoms with E-state index in [1.54, 1.807) is 0 Å². The van der Waals surface area contributed by atoms with Gasteiger partial charge in [0.15, 0.2) is 0 Å². The lowest BCUT2D eigenvalue weighted by Crippen LogP contribution is -2.34. The lowest BCUT2D eigenvalue weighted by molar-refractivity contribution is -0.114. The second-order valence-corrected chi connectivity index (χ2v) is 40.1. The molecule has 8 aromatic carbocycles. The summed E-state index contributed by atoms with van der Waals surface area (Å²) < 4.78 is 1.87. The van der Waals surface area contributed by atoms with Gasteiger partial charge in [-0.2, -0.15) is 0 Å². The van der Waals surface area contributed by atoms with E-state index in [0.717, 1.165) is 186 Å². The fourth-order valence-electron chi connectivity index (χ4n) is 19.1. The first kappa shape index (κ1) is 98.4. The molecule has 0 bridgehead atoms. The fraction of sp³-hybridized carbons (Fsp3) is 0.439. The van der Waals surface area contributed by atoms with E-state index in [1.165, 1.54) is 136 Å². The van der Waals surface area contributed by atoms with Gasteiger partial charge in [0.05, 0.1) is 67.8 Å². The van der Waals surface area contributed by atoms with Crippen LogP contribution in [0.2, 0.25) is 0 Å². The van der Waals surface area contributed by atoms with E-state index < -0.39 is 0 Å². The van der Waals surface area contributed by atoms with Crippen molar-refractivity contribution < 1.29 is 19.2 Å². The maximum absolute atomic E-state index is 15.0. The highest BCUT2D eigenvalue weighted by Crippen LogP contribution is 2.54. The standard InChI is InChI=1S/C58H73N3O2S.C32H40Br2N2O2.C24H29NS/c1-8-14-17-18-19-20-34-59-49-32-28-44(21-11-4)37-53(49)64-54-38-46(29-33-50(54)59)26-25-45-27-31-48-52(36-45)61(40-43(13-6)23-16-10-3)58(63)56(48)55-47-30-24-41(7)35-51(47)60(57(55)62)39-42(12-5)22-15-9-2;1-5-9-11-21(7-3)19-35-27-17-23(33)13-15-25(27)29(31(35)37)30-26-16-14-24(34)18-28(26)36(32(30)38)20-22(8-4)12-10-6-2;1-4-7-8-9-10-11-16-25-21-14-12-19(5-2)17-23(21)26-24-18-20(6-3)13-15-22(24)25/h11,21,24-33,35-38,42-43H,8-10,12-20,22-23,34,39-40H2,1-7H3;13-18,21-22H,5-12,19-20H2,1-4H3;5-6,12-15,17-18H,2-4,7-11,16H2,1H3/b21-11+,26-25+,56-55+;30-29+;. The van der Waals surface area contributed by atoms with Gasteiger partial charge in [0, 0.05) is 90.0 Å². The van der Waals surface area contributed by atoms with Gasteiger partial charge in [0.2, 0.25) is 0 Å². The van der Waals surface area contributed by atoms with E-state index >= 15 is 4.79 Å². The van der Waals surface area contributed by atoms with Crippen molar-refractivity contribution in [1.82, 2.24) is 0 Å². The minimum Gasteiger partial charge on any atom is -0.340 e. The normalized spacial score (nSPS) is 16.2. The molecule has 6 aliphatic rings. The van der Waals surface area contributed by atoms with Crippen LogP contribution in [-0.4, -0.2) is 62.9 Å². The average molecular weight is 1880 g/mol. The van der Waals surface area contributed by atoms with Crippen molar-refractivity contribution in [3.05, 3.63) is 229 Å². The summed E-state index contributed by atoms with van der Waals surface area (Å²) in [6.07, 6.45) is 45.8. The molecular formula is C114H142Br2N6O4S2. The van der Waals surface area contributed by atoms with Gasteiger partial charge in [0.1, 0.15) is 0 Å². The second-order valence-electron chi connectivity index (χ2n) is 36.1. The average Bonchev–Trinajstić information content (AvgIpc) is 1.57. The maximum atomic E-state index is 15.0. The van der Waals surface area contributed by atoms with Gasteiger partial charge in [-0.05, 0) is 194 Å². The van der Waals surface area contributed by atoms with Crippen LogP contribution in [0.5, 0.6) is 0 Å². The van der Waals surface area contributed by atoms with Crippen LogP contribution in [-0.2, 0) is 19.2 Å². The Kier molecular flexibility index (Phi) is 37.3. The summed E-state index contributed by atoms with van der Waals surface area (Å²) in [5, 5.41) is 0. The maximum Gasteiger partial charge on any atom is 0.259 e. The van der Waals surface area contributed by atoms with Crippen molar-refractivity contribution in [3.8, 4) is 0 Å². The molecule has 14 rings (SSSR count). The molecular weight excluding hydrogens is 1740 g/mol. The number of fused-ring (bicyclic) bond motifs is 8. The molecule has 0 radical (unpaired) electrons. The molecule has 128 heavy (non-hydrogen) atoms. The molecule has 8 aromatic rings. The molecule has 14 heteroatoms. The lowest BCUT2D eigenvalue weighted by Gasteiger charge is -2.33. The topological polar surface area (TPSA) is 87.7 Å². The third-order valence-corrected chi connectivity index (χ3v) is 30.1. The first-order chi connectivity index (χ1) is 62.3. The Hall–Kier alpha value is -8.66. The number of rotatable bonds is 43. The highest BCUT2D eigenvalue weighted by molar-refractivity contribution is 9.10. The summed E-state index contributed by atoms with van der Waals surface area (Å²) in [4.78, 5) is 76.4. The third-order valence-electron chi connectivity index (χ3n) is 26.9. The van der Waals surface area contributed by atoms with Crippen LogP contribution in [0.3, 0.4) is 0 Å². The van der Waals surface area contributed by atoms with Crippen molar-refractivity contribution in [3.63, 3.8) is 0 Å². The Labute approximate surface area is 794 Å². The van der Waals surface area contributed by atoms with Gasteiger partial charge in [-0.1, -0.05) is 376 Å². The highest BCUT2D eigenvalue weighted by atomic mass is 79.9. The van der Waals surface area contributed by atoms with E-state index in [0.29, 0.717) is 72.1 Å². The number of hydrogen-bond donors (Lipinski definition) is 0. The molecule has 0 saturated heterocycles. The largest absolute Gasteiger partial charge is 0.340 e. The zero-order chi connectivity index (χ0) is 90.9. The first-order valence-corrected chi connectivity index (χ1v) is 52.2. The van der Waals surface area contributed by atoms with Gasteiger partial charge in [-0.25, -0.2) is 0 Å². The molecule has 4 atom stereocenters. The molecule has 0 fully saturated rings. The summed E-state index contributed by atoms with van der Waals surface area (Å²) in [5.74, 6) is 1.46. The molecule has 4 amide bonds. The number of hydrogen-bond acceptors (Lipinski definition) is 8. The Morgan fingerprint density at radius 3 is 0.922 bits per heavy atom. The van der Waals surface area contributed by atoms with Crippen LogP contribution in [0.25, 0.3) is 52.7 Å². The highest BCUT2D eigenvalue weighted by Gasteiger charge is 2.46. The van der Waals surface area contributed by atoms with Crippen LogP contribution in [0.15, 0.2) is 193 Å². The predicted octanol–water partition coefficient (Wildman–Crippen LogP) is 33.4. The molecule has 0 aliphatic carbocycles. The van der Waals surface area contributed by atoms with Gasteiger partial charge in [0.25, 0.3) is 23.6 Å². The number of benzene rings is 8. The molecule has 10 nitrogen and oxygen atoms in total. The van der Waals surface area contributed by atoms with E-state index in [4.69, 9.17) is 0 Å². The molecule has 4 unspecified atom stereocenters. The minimum atomic E-state index is -0.0508. The number of carbonyl (C=O) groups excluding carboxylic acids is 4. The number of allylic oxidation sites excluding steroid dienone is 1. The van der Waals surface area contributed by atoms with E-state index in [9.17, 15) is 14.4 Å². The molecule has 0 saturated carbocycles. The summed E-state index contributed by atoms with van der Waals surface area (Å²) in [6, 6.07) is 51.8. The molecule has 678 valence electrons. The van der Waals surface area contributed by atoms with Crippen molar-refractivity contribution >= 4 is 177 Å². The lowest BCUT2D eigenvalue weighted by atomic mass is 9.95. The van der Waals surface area contributed by atoms with E-state index in [1.807, 2.05) is 91.7 Å². The number of amides is 4. The Morgan fingerprint density at radius 2 is 0.586 bits per heavy atom. The van der Waals surface area contributed by atoms with Crippen LogP contribution in [0.1, 0.15) is 312 Å². The third kappa shape index (κ3) is 23.6. The summed E-state index contributed by atoms with van der Waals surface area (Å²) in [5.41, 5.74) is 21.5. The smallest absolute Gasteiger partial charge is 0.259 e. The molecule has 0 N–H and O–H groups in total. The van der Waals surface area contributed by atoms with Crippen LogP contribution in [0, 0.1) is 30.6 Å². The number of aryl methyl sites for hydroxylation is 1. The zero-order valence-electron chi connectivity index (χ0n) is 79.0. The van der Waals surface area contributed by atoms with Gasteiger partial charge >= 0.3 is 0 Å². The van der Waals surface area contributed by atoms with Crippen LogP contribution < -0.4 is 29.4 Å². The summed E-state index contributed by atoms with van der Waals surface area (Å²) in [6.45, 7) is 39.1. The van der Waals surface area contributed by atoms with Gasteiger partial charge in [-0.15, -0.1) is 0 Å². The molecule has 0 aromatic heterocycles. The number of anilines is 8. The first-order valence-electron chi connectivity index (χ1n) is 49.0.